The lowest BCUT2D eigenvalue weighted by atomic mass is 10.2. The molecule has 2 aromatic rings. The van der Waals surface area contributed by atoms with Gasteiger partial charge in [-0.3, -0.25) is 9.89 Å². The van der Waals surface area contributed by atoms with Gasteiger partial charge in [-0.05, 0) is 19.4 Å². The Labute approximate surface area is 112 Å². The molecule has 0 aliphatic rings. The molecule has 1 aromatic carbocycles. The molecule has 100 valence electrons. The molecule has 0 radical (unpaired) electrons. The molecule has 0 bridgehead atoms. The van der Waals surface area contributed by atoms with Crippen LogP contribution in [0.15, 0.2) is 36.5 Å². The van der Waals surface area contributed by atoms with Gasteiger partial charge in [-0.25, -0.2) is 0 Å². The maximum atomic E-state index is 11.9. The van der Waals surface area contributed by atoms with Gasteiger partial charge in [-0.2, -0.15) is 5.10 Å². The van der Waals surface area contributed by atoms with Gasteiger partial charge in [0.25, 0.3) is 5.91 Å². The molecule has 5 heteroatoms. The van der Waals surface area contributed by atoms with E-state index in [0.717, 1.165) is 11.1 Å². The average molecular weight is 259 g/mol. The van der Waals surface area contributed by atoms with Crippen molar-refractivity contribution in [1.82, 2.24) is 10.2 Å². The van der Waals surface area contributed by atoms with E-state index in [-0.39, 0.29) is 5.91 Å². The lowest BCUT2D eigenvalue weighted by molar-refractivity contribution is -0.127. The molecule has 0 spiro atoms. The first-order valence-electron chi connectivity index (χ1n) is 6.13. The number of carbonyl (C=O) groups is 1. The molecule has 5 nitrogen and oxygen atoms in total. The number of aromatic nitrogens is 2. The van der Waals surface area contributed by atoms with Crippen LogP contribution in [-0.2, 0) is 16.1 Å². The van der Waals surface area contributed by atoms with E-state index in [0.29, 0.717) is 12.4 Å². The van der Waals surface area contributed by atoms with Gasteiger partial charge in [0.1, 0.15) is 11.9 Å². The van der Waals surface area contributed by atoms with E-state index in [4.69, 9.17) is 4.74 Å². The van der Waals surface area contributed by atoms with Gasteiger partial charge in [-0.15, -0.1) is 0 Å². The Morgan fingerprint density at radius 3 is 2.79 bits per heavy atom. The summed E-state index contributed by atoms with van der Waals surface area (Å²) < 4.78 is 5.53. The van der Waals surface area contributed by atoms with Crippen LogP contribution in [0.2, 0.25) is 0 Å². The average Bonchev–Trinajstić information content (AvgIpc) is 2.82. The second kappa shape index (κ2) is 6.15. The van der Waals surface area contributed by atoms with Crippen molar-refractivity contribution in [2.75, 3.05) is 5.32 Å². The van der Waals surface area contributed by atoms with Crippen molar-refractivity contribution in [3.63, 3.8) is 0 Å². The Morgan fingerprint density at radius 2 is 2.16 bits per heavy atom. The summed E-state index contributed by atoms with van der Waals surface area (Å²) in [7, 11) is 0. The third-order valence-electron chi connectivity index (χ3n) is 2.79. The van der Waals surface area contributed by atoms with Gasteiger partial charge in [-0.1, -0.05) is 30.3 Å². The highest BCUT2D eigenvalue weighted by Gasteiger charge is 2.15. The summed E-state index contributed by atoms with van der Waals surface area (Å²) in [5.74, 6) is 0.420. The number of hydrogen-bond donors (Lipinski definition) is 2. The minimum Gasteiger partial charge on any atom is -0.364 e. The summed E-state index contributed by atoms with van der Waals surface area (Å²) in [6, 6.07) is 9.75. The Balaban J connectivity index is 1.84. The van der Waals surface area contributed by atoms with Gasteiger partial charge in [0.15, 0.2) is 0 Å². The van der Waals surface area contributed by atoms with Crippen molar-refractivity contribution in [2.24, 2.45) is 0 Å². The third-order valence-corrected chi connectivity index (χ3v) is 2.79. The molecule has 0 fully saturated rings. The fraction of sp³-hybridized carbons (Fsp3) is 0.286. The number of H-pyrrole nitrogens is 1. The van der Waals surface area contributed by atoms with Crippen molar-refractivity contribution in [3.8, 4) is 0 Å². The second-order valence-corrected chi connectivity index (χ2v) is 4.36. The summed E-state index contributed by atoms with van der Waals surface area (Å²) in [5.41, 5.74) is 1.93. The van der Waals surface area contributed by atoms with E-state index in [1.165, 1.54) is 0 Å². The molecule has 1 amide bonds. The lowest BCUT2D eigenvalue weighted by Crippen LogP contribution is -2.28. The number of aromatic amines is 1. The zero-order chi connectivity index (χ0) is 13.7. The van der Waals surface area contributed by atoms with Crippen molar-refractivity contribution in [3.05, 3.63) is 47.7 Å². The van der Waals surface area contributed by atoms with Gasteiger partial charge >= 0.3 is 0 Å². The van der Waals surface area contributed by atoms with Crippen LogP contribution in [0.5, 0.6) is 0 Å². The van der Waals surface area contributed by atoms with Crippen LogP contribution >= 0.6 is 0 Å². The highest BCUT2D eigenvalue weighted by atomic mass is 16.5. The number of nitrogens with zero attached hydrogens (tertiary/aromatic N) is 1. The van der Waals surface area contributed by atoms with Gasteiger partial charge < -0.3 is 10.1 Å². The predicted molar refractivity (Wildman–Crippen MR) is 72.6 cm³/mol. The molecule has 0 saturated carbocycles. The minimum atomic E-state index is -0.525. The standard InChI is InChI=1S/C14H17N3O2/c1-10-8-15-17-13(10)16-14(18)11(2)19-9-12-6-4-3-5-7-12/h3-8,11H,9H2,1-2H3,(H2,15,16,17,18). The van der Waals surface area contributed by atoms with Gasteiger partial charge in [0, 0.05) is 5.56 Å². The number of rotatable bonds is 5. The number of anilines is 1. The molecule has 2 N–H and O–H groups in total. The van der Waals surface area contributed by atoms with Crippen molar-refractivity contribution in [1.29, 1.82) is 0 Å². The van der Waals surface area contributed by atoms with Crippen LogP contribution in [0.3, 0.4) is 0 Å². The Kier molecular flexibility index (Phi) is 4.30. The molecule has 1 atom stereocenters. The Bertz CT molecular complexity index is 537. The lowest BCUT2D eigenvalue weighted by Gasteiger charge is -2.13. The highest BCUT2D eigenvalue weighted by molar-refractivity contribution is 5.93. The molecular formula is C14H17N3O2. The summed E-state index contributed by atoms with van der Waals surface area (Å²) in [4.78, 5) is 11.9. The van der Waals surface area contributed by atoms with E-state index in [1.807, 2.05) is 37.3 Å². The van der Waals surface area contributed by atoms with Gasteiger partial charge in [0.2, 0.25) is 0 Å². The first kappa shape index (κ1) is 13.3. The second-order valence-electron chi connectivity index (χ2n) is 4.36. The van der Waals surface area contributed by atoms with Crippen molar-refractivity contribution in [2.45, 2.75) is 26.6 Å². The number of carbonyl (C=O) groups excluding carboxylic acids is 1. The van der Waals surface area contributed by atoms with E-state index in [9.17, 15) is 4.79 Å². The molecule has 1 unspecified atom stereocenters. The van der Waals surface area contributed by atoms with Crippen molar-refractivity contribution >= 4 is 11.7 Å². The zero-order valence-electron chi connectivity index (χ0n) is 11.0. The highest BCUT2D eigenvalue weighted by Crippen LogP contribution is 2.10. The number of ether oxygens (including phenoxy) is 1. The number of benzene rings is 1. The molecule has 1 aromatic heterocycles. The number of nitrogens with one attached hydrogen (secondary N) is 2. The maximum Gasteiger partial charge on any atom is 0.254 e. The Hall–Kier alpha value is -2.14. The minimum absolute atomic E-state index is 0.191. The summed E-state index contributed by atoms with van der Waals surface area (Å²) in [6.45, 7) is 4.01. The van der Waals surface area contributed by atoms with E-state index in [2.05, 4.69) is 15.5 Å². The topological polar surface area (TPSA) is 67.0 Å². The molecule has 1 heterocycles. The predicted octanol–water partition coefficient (Wildman–Crippen LogP) is 2.26. The molecule has 0 saturated heterocycles. The number of hydrogen-bond acceptors (Lipinski definition) is 3. The summed E-state index contributed by atoms with van der Waals surface area (Å²) in [6.07, 6.45) is 1.13. The van der Waals surface area contributed by atoms with E-state index < -0.39 is 6.10 Å². The molecule has 19 heavy (non-hydrogen) atoms. The monoisotopic (exact) mass is 259 g/mol. The largest absolute Gasteiger partial charge is 0.364 e. The first-order chi connectivity index (χ1) is 9.16. The summed E-state index contributed by atoms with van der Waals surface area (Å²) in [5, 5.41) is 9.32. The third kappa shape index (κ3) is 3.66. The van der Waals surface area contributed by atoms with E-state index in [1.54, 1.807) is 13.1 Å². The molecule has 0 aliphatic carbocycles. The number of aryl methyl sites for hydroxylation is 1. The van der Waals surface area contributed by atoms with Crippen LogP contribution in [0.1, 0.15) is 18.1 Å². The first-order valence-corrected chi connectivity index (χ1v) is 6.13. The van der Waals surface area contributed by atoms with E-state index >= 15 is 0 Å². The molecule has 2 rings (SSSR count). The smallest absolute Gasteiger partial charge is 0.254 e. The van der Waals surface area contributed by atoms with Crippen LogP contribution in [0, 0.1) is 6.92 Å². The normalized spacial score (nSPS) is 12.1. The van der Waals surface area contributed by atoms with Crippen molar-refractivity contribution < 1.29 is 9.53 Å². The van der Waals surface area contributed by atoms with Crippen LogP contribution < -0.4 is 5.32 Å². The fourth-order valence-corrected chi connectivity index (χ4v) is 1.57. The summed E-state index contributed by atoms with van der Waals surface area (Å²) >= 11 is 0. The SMILES string of the molecule is Cc1cn[nH]c1NC(=O)C(C)OCc1ccccc1. The maximum absolute atomic E-state index is 11.9. The fourth-order valence-electron chi connectivity index (χ4n) is 1.57. The Morgan fingerprint density at radius 1 is 1.42 bits per heavy atom. The molecular weight excluding hydrogens is 242 g/mol. The quantitative estimate of drug-likeness (QED) is 0.865. The number of amides is 1. The van der Waals surface area contributed by atoms with Crippen LogP contribution in [-0.4, -0.2) is 22.2 Å². The van der Waals surface area contributed by atoms with Crippen LogP contribution in [0.4, 0.5) is 5.82 Å². The zero-order valence-corrected chi connectivity index (χ0v) is 11.0. The van der Waals surface area contributed by atoms with Crippen LogP contribution in [0.25, 0.3) is 0 Å². The molecule has 0 aliphatic heterocycles. The van der Waals surface area contributed by atoms with Gasteiger partial charge in [0.05, 0.1) is 12.8 Å².